The van der Waals surface area contributed by atoms with E-state index < -0.39 is 39.2 Å². The first kappa shape index (κ1) is 19.2. The molecule has 0 radical (unpaired) electrons. The molecule has 134 valence electrons. The first-order chi connectivity index (χ1) is 11.6. The van der Waals surface area contributed by atoms with Crippen molar-refractivity contribution in [2.24, 2.45) is 0 Å². The number of thioether (sulfide) groups is 1. The van der Waals surface area contributed by atoms with Crippen molar-refractivity contribution in [2.45, 2.75) is 29.6 Å². The molecular formula is C14H12F3N3O3S2. The van der Waals surface area contributed by atoms with E-state index >= 15 is 0 Å². The average Bonchev–Trinajstić information content (AvgIpc) is 2.91. The van der Waals surface area contributed by atoms with Gasteiger partial charge in [-0.3, -0.25) is 14.9 Å². The monoisotopic (exact) mass is 391 g/mol. The Morgan fingerprint density at radius 3 is 2.64 bits per heavy atom. The van der Waals surface area contributed by atoms with Crippen LogP contribution in [0.15, 0.2) is 27.9 Å². The number of amides is 1. The number of benzene rings is 1. The Balaban J connectivity index is 2.20. The number of rotatable bonds is 5. The second-order valence-corrected chi connectivity index (χ2v) is 7.43. The van der Waals surface area contributed by atoms with Crippen LogP contribution in [0.2, 0.25) is 0 Å². The Morgan fingerprint density at radius 2 is 2.12 bits per heavy atom. The third-order valence-corrected chi connectivity index (χ3v) is 5.21. The summed E-state index contributed by atoms with van der Waals surface area (Å²) in [5, 5.41) is 14.0. The van der Waals surface area contributed by atoms with Crippen LogP contribution in [-0.4, -0.2) is 21.1 Å². The molecule has 6 nitrogen and oxygen atoms in total. The highest BCUT2D eigenvalue weighted by Crippen LogP contribution is 2.37. The van der Waals surface area contributed by atoms with Gasteiger partial charge >= 0.3 is 6.18 Å². The van der Waals surface area contributed by atoms with Gasteiger partial charge in [0.05, 0.1) is 21.4 Å². The lowest BCUT2D eigenvalue weighted by Gasteiger charge is -2.15. The summed E-state index contributed by atoms with van der Waals surface area (Å²) in [4.78, 5) is 26.1. The topological polar surface area (TPSA) is 85.1 Å². The van der Waals surface area contributed by atoms with Gasteiger partial charge in [0, 0.05) is 23.2 Å². The zero-order valence-corrected chi connectivity index (χ0v) is 14.6. The standard InChI is InChI=1S/C14H12F3N3O3S2/c1-7-6-24-13(18-7)25-8(2)12(21)19-11-4-3-9(20(22)23)5-10(11)14(15,16)17/h3-6,8H,1-2H3,(H,19,21). The van der Waals surface area contributed by atoms with Crippen molar-refractivity contribution in [3.8, 4) is 0 Å². The van der Waals surface area contributed by atoms with E-state index in [0.717, 1.165) is 29.6 Å². The van der Waals surface area contributed by atoms with E-state index in [4.69, 9.17) is 0 Å². The molecule has 0 saturated heterocycles. The average molecular weight is 391 g/mol. The lowest BCUT2D eigenvalue weighted by Crippen LogP contribution is -2.24. The maximum atomic E-state index is 13.1. The minimum atomic E-state index is -4.84. The molecule has 1 N–H and O–H groups in total. The number of carbonyl (C=O) groups is 1. The fourth-order valence-electron chi connectivity index (χ4n) is 1.81. The quantitative estimate of drug-likeness (QED) is 0.461. The minimum Gasteiger partial charge on any atom is -0.325 e. The Labute approximate surface area is 148 Å². The van der Waals surface area contributed by atoms with Crippen molar-refractivity contribution < 1.29 is 22.9 Å². The Kier molecular flexibility index (Phi) is 5.68. The molecule has 1 unspecified atom stereocenters. The van der Waals surface area contributed by atoms with Gasteiger partial charge in [-0.15, -0.1) is 11.3 Å². The van der Waals surface area contributed by atoms with Crippen molar-refractivity contribution in [3.63, 3.8) is 0 Å². The molecule has 1 amide bonds. The molecule has 2 aromatic rings. The Morgan fingerprint density at radius 1 is 1.44 bits per heavy atom. The number of nitrogens with one attached hydrogen (secondary N) is 1. The van der Waals surface area contributed by atoms with E-state index in [-0.39, 0.29) is 0 Å². The lowest BCUT2D eigenvalue weighted by atomic mass is 10.1. The number of alkyl halides is 3. The SMILES string of the molecule is Cc1csc(SC(C)C(=O)Nc2ccc([N+](=O)[O-])cc2C(F)(F)F)n1. The van der Waals surface area contributed by atoms with E-state index in [9.17, 15) is 28.1 Å². The van der Waals surface area contributed by atoms with E-state index in [2.05, 4.69) is 10.3 Å². The fraction of sp³-hybridized carbons (Fsp3) is 0.286. The number of nitro benzene ring substituents is 1. The van der Waals surface area contributed by atoms with Crippen molar-refractivity contribution >= 4 is 40.4 Å². The molecule has 11 heteroatoms. The number of anilines is 1. The molecule has 2 rings (SSSR count). The van der Waals surface area contributed by atoms with E-state index in [1.807, 2.05) is 0 Å². The van der Waals surface area contributed by atoms with Crippen molar-refractivity contribution in [2.75, 3.05) is 5.32 Å². The Bertz CT molecular complexity index is 808. The number of carbonyl (C=O) groups excluding carboxylic acids is 1. The predicted molar refractivity (Wildman–Crippen MR) is 88.9 cm³/mol. The highest BCUT2D eigenvalue weighted by molar-refractivity contribution is 8.02. The van der Waals surface area contributed by atoms with E-state index in [1.54, 1.807) is 12.3 Å². The van der Waals surface area contributed by atoms with Gasteiger partial charge in [-0.2, -0.15) is 13.2 Å². The van der Waals surface area contributed by atoms with Gasteiger partial charge in [0.15, 0.2) is 4.34 Å². The number of aryl methyl sites for hydroxylation is 1. The largest absolute Gasteiger partial charge is 0.418 e. The molecular weight excluding hydrogens is 379 g/mol. The number of nitro groups is 1. The molecule has 0 aliphatic carbocycles. The normalized spacial score (nSPS) is 12.7. The number of hydrogen-bond donors (Lipinski definition) is 1. The molecule has 1 aromatic carbocycles. The second-order valence-electron chi connectivity index (χ2n) is 4.99. The van der Waals surface area contributed by atoms with Gasteiger partial charge in [0.2, 0.25) is 5.91 Å². The molecule has 1 atom stereocenters. The zero-order valence-electron chi connectivity index (χ0n) is 13.0. The molecule has 0 spiro atoms. The maximum Gasteiger partial charge on any atom is 0.418 e. The summed E-state index contributed by atoms with van der Waals surface area (Å²) in [6.07, 6.45) is -4.84. The van der Waals surface area contributed by atoms with E-state index in [1.165, 1.54) is 18.3 Å². The van der Waals surface area contributed by atoms with Crippen LogP contribution in [0, 0.1) is 17.0 Å². The molecule has 1 aromatic heterocycles. The number of non-ortho nitro benzene ring substituents is 1. The molecule has 0 saturated carbocycles. The fourth-order valence-corrected chi connectivity index (χ4v) is 3.80. The summed E-state index contributed by atoms with van der Waals surface area (Å²) in [6.45, 7) is 3.33. The summed E-state index contributed by atoms with van der Waals surface area (Å²) in [7, 11) is 0. The molecule has 0 aliphatic heterocycles. The van der Waals surface area contributed by atoms with Gasteiger partial charge < -0.3 is 5.32 Å². The van der Waals surface area contributed by atoms with Crippen molar-refractivity contribution in [1.82, 2.24) is 4.98 Å². The second kappa shape index (κ2) is 7.40. The molecule has 0 aliphatic rings. The van der Waals surface area contributed by atoms with Gasteiger partial charge in [-0.1, -0.05) is 11.8 Å². The van der Waals surface area contributed by atoms with Crippen LogP contribution in [-0.2, 0) is 11.0 Å². The van der Waals surface area contributed by atoms with Gasteiger partial charge in [0.1, 0.15) is 0 Å². The summed E-state index contributed by atoms with van der Waals surface area (Å²) < 4.78 is 39.9. The third kappa shape index (κ3) is 4.92. The number of halogens is 3. The predicted octanol–water partition coefficient (Wildman–Crippen LogP) is 4.50. The van der Waals surface area contributed by atoms with Crippen LogP contribution in [0.5, 0.6) is 0 Å². The molecule has 0 fully saturated rings. The van der Waals surface area contributed by atoms with Crippen LogP contribution in [0.3, 0.4) is 0 Å². The van der Waals surface area contributed by atoms with Crippen molar-refractivity contribution in [1.29, 1.82) is 0 Å². The molecule has 0 bridgehead atoms. The zero-order chi connectivity index (χ0) is 18.8. The third-order valence-electron chi connectivity index (χ3n) is 3.02. The van der Waals surface area contributed by atoms with Crippen LogP contribution in [0.25, 0.3) is 0 Å². The summed E-state index contributed by atoms with van der Waals surface area (Å²) in [6, 6.07) is 2.19. The Hall–Kier alpha value is -2.14. The highest BCUT2D eigenvalue weighted by atomic mass is 32.2. The first-order valence-electron chi connectivity index (χ1n) is 6.83. The number of aromatic nitrogens is 1. The summed E-state index contributed by atoms with van der Waals surface area (Å²) in [5.41, 5.74) is -1.70. The molecule has 25 heavy (non-hydrogen) atoms. The summed E-state index contributed by atoms with van der Waals surface area (Å²) in [5.74, 6) is -0.655. The van der Waals surface area contributed by atoms with Crippen LogP contribution in [0.4, 0.5) is 24.5 Å². The number of hydrogen-bond acceptors (Lipinski definition) is 6. The first-order valence-corrected chi connectivity index (χ1v) is 8.59. The highest BCUT2D eigenvalue weighted by Gasteiger charge is 2.36. The number of nitrogens with zero attached hydrogens (tertiary/aromatic N) is 2. The van der Waals surface area contributed by atoms with Gasteiger partial charge in [-0.05, 0) is 19.9 Å². The van der Waals surface area contributed by atoms with Gasteiger partial charge in [-0.25, -0.2) is 4.98 Å². The van der Waals surface area contributed by atoms with Crippen LogP contribution >= 0.6 is 23.1 Å². The summed E-state index contributed by atoms with van der Waals surface area (Å²) >= 11 is 2.45. The molecule has 1 heterocycles. The van der Waals surface area contributed by atoms with Crippen molar-refractivity contribution in [3.05, 3.63) is 45.0 Å². The van der Waals surface area contributed by atoms with Crippen LogP contribution in [0.1, 0.15) is 18.2 Å². The minimum absolute atomic E-state index is 0.400. The maximum absolute atomic E-state index is 13.1. The van der Waals surface area contributed by atoms with E-state index in [0.29, 0.717) is 10.4 Å². The van der Waals surface area contributed by atoms with Gasteiger partial charge in [0.25, 0.3) is 5.69 Å². The lowest BCUT2D eigenvalue weighted by molar-refractivity contribution is -0.385. The van der Waals surface area contributed by atoms with Crippen LogP contribution < -0.4 is 5.32 Å². The smallest absolute Gasteiger partial charge is 0.325 e. The number of thiazole rings is 1.